The van der Waals surface area contributed by atoms with Gasteiger partial charge < -0.3 is 0 Å². The van der Waals surface area contributed by atoms with E-state index < -0.39 is 0 Å². The molecule has 0 aliphatic carbocycles. The van der Waals surface area contributed by atoms with Gasteiger partial charge in [-0.2, -0.15) is 0 Å². The van der Waals surface area contributed by atoms with E-state index in [-0.39, 0.29) is 11.4 Å². The predicted octanol–water partition coefficient (Wildman–Crippen LogP) is 2.59. The molecule has 1 aromatic carbocycles. The summed E-state index contributed by atoms with van der Waals surface area (Å²) in [7, 11) is 0. The monoisotopic (exact) mass is 217 g/mol. The lowest BCUT2D eigenvalue weighted by molar-refractivity contribution is 0.626. The number of hydrogen-bond acceptors (Lipinski definition) is 1. The smallest absolute Gasteiger partial charge is 0.257 e. The minimum absolute atomic E-state index is 0.115. The molecule has 1 heterocycles. The van der Waals surface area contributed by atoms with E-state index in [0.29, 0.717) is 11.3 Å². The van der Waals surface area contributed by atoms with Crippen molar-refractivity contribution < 1.29 is 4.39 Å². The maximum absolute atomic E-state index is 13.1. The Morgan fingerprint density at radius 2 is 1.94 bits per heavy atom. The molecule has 0 aliphatic heterocycles. The molecular weight excluding hydrogens is 205 g/mol. The summed E-state index contributed by atoms with van der Waals surface area (Å²) in [5, 5.41) is 0. The number of hydrogen-bond donors (Lipinski definition) is 0. The van der Waals surface area contributed by atoms with Crippen LogP contribution in [0.5, 0.6) is 0 Å². The molecule has 3 heteroatoms. The third kappa shape index (κ3) is 1.89. The van der Waals surface area contributed by atoms with Gasteiger partial charge in [-0.1, -0.05) is 6.07 Å². The Labute approximate surface area is 93.0 Å². The number of aryl methyl sites for hydroxylation is 2. The zero-order chi connectivity index (χ0) is 11.7. The molecule has 2 aromatic rings. The van der Waals surface area contributed by atoms with E-state index in [0.717, 1.165) is 5.56 Å². The lowest BCUT2D eigenvalue weighted by Gasteiger charge is -2.08. The first-order valence-corrected chi connectivity index (χ1v) is 5.04. The van der Waals surface area contributed by atoms with Crippen LogP contribution in [0.15, 0.2) is 41.3 Å². The topological polar surface area (TPSA) is 22.0 Å². The van der Waals surface area contributed by atoms with Gasteiger partial charge in [-0.15, -0.1) is 0 Å². The fraction of sp³-hybridized carbons (Fsp3) is 0.154. The Balaban J connectivity index is 2.69. The van der Waals surface area contributed by atoms with E-state index in [2.05, 4.69) is 0 Å². The van der Waals surface area contributed by atoms with Crippen LogP contribution in [-0.2, 0) is 0 Å². The summed E-state index contributed by atoms with van der Waals surface area (Å²) in [4.78, 5) is 11.9. The third-order valence-corrected chi connectivity index (χ3v) is 2.42. The SMILES string of the molecule is Cc1cc(C)c(=O)n(-c2cccc(F)c2)c1. The van der Waals surface area contributed by atoms with Crippen LogP contribution < -0.4 is 5.56 Å². The molecule has 2 rings (SSSR count). The predicted molar refractivity (Wildman–Crippen MR) is 61.5 cm³/mol. The molecule has 0 radical (unpaired) electrons. The van der Waals surface area contributed by atoms with Crippen LogP contribution in [0.2, 0.25) is 0 Å². The maximum atomic E-state index is 13.1. The normalized spacial score (nSPS) is 10.4. The Kier molecular flexibility index (Phi) is 2.60. The average Bonchev–Trinajstić information content (AvgIpc) is 2.23. The molecule has 0 amide bonds. The maximum Gasteiger partial charge on any atom is 0.257 e. The number of rotatable bonds is 1. The molecule has 0 N–H and O–H groups in total. The molecule has 0 unspecified atom stereocenters. The highest BCUT2D eigenvalue weighted by Crippen LogP contribution is 2.09. The third-order valence-electron chi connectivity index (χ3n) is 2.42. The Morgan fingerprint density at radius 3 is 2.62 bits per heavy atom. The van der Waals surface area contributed by atoms with Gasteiger partial charge in [0.05, 0.1) is 5.69 Å². The van der Waals surface area contributed by atoms with Crippen LogP contribution in [-0.4, -0.2) is 4.57 Å². The van der Waals surface area contributed by atoms with Gasteiger partial charge in [-0.25, -0.2) is 4.39 Å². The van der Waals surface area contributed by atoms with Gasteiger partial charge in [0.25, 0.3) is 5.56 Å². The standard InChI is InChI=1S/C13H12FNO/c1-9-6-10(2)13(16)15(8-9)12-5-3-4-11(14)7-12/h3-8H,1-2H3. The first-order valence-electron chi connectivity index (χ1n) is 5.04. The number of nitrogens with zero attached hydrogens (tertiary/aromatic N) is 1. The molecule has 82 valence electrons. The van der Waals surface area contributed by atoms with Crippen LogP contribution in [0.4, 0.5) is 4.39 Å². The minimum atomic E-state index is -0.344. The Bertz CT molecular complexity index is 587. The Hall–Kier alpha value is -1.90. The van der Waals surface area contributed by atoms with Crippen molar-refractivity contribution >= 4 is 0 Å². The summed E-state index contributed by atoms with van der Waals surface area (Å²) in [5.74, 6) is -0.344. The summed E-state index contributed by atoms with van der Waals surface area (Å²) in [6.07, 6.45) is 1.71. The minimum Gasteiger partial charge on any atom is -0.284 e. The quantitative estimate of drug-likeness (QED) is 0.719. The molecule has 0 atom stereocenters. The molecule has 0 aliphatic rings. The van der Waals surface area contributed by atoms with Crippen molar-refractivity contribution in [3.8, 4) is 5.69 Å². The van der Waals surface area contributed by atoms with Crippen molar-refractivity contribution in [3.63, 3.8) is 0 Å². The summed E-state index contributed by atoms with van der Waals surface area (Å²) in [6.45, 7) is 3.66. The van der Waals surface area contributed by atoms with Crippen LogP contribution in [0.25, 0.3) is 5.69 Å². The zero-order valence-electron chi connectivity index (χ0n) is 9.20. The van der Waals surface area contributed by atoms with Gasteiger partial charge in [0.1, 0.15) is 5.82 Å². The van der Waals surface area contributed by atoms with Crippen LogP contribution in [0.1, 0.15) is 11.1 Å². The second kappa shape index (κ2) is 3.93. The molecule has 0 saturated carbocycles. The fourth-order valence-corrected chi connectivity index (χ4v) is 1.71. The van der Waals surface area contributed by atoms with Crippen molar-refractivity contribution in [1.82, 2.24) is 4.57 Å². The van der Waals surface area contributed by atoms with Gasteiger partial charge in [0, 0.05) is 11.8 Å². The lowest BCUT2D eigenvalue weighted by Crippen LogP contribution is -2.20. The fourth-order valence-electron chi connectivity index (χ4n) is 1.71. The van der Waals surface area contributed by atoms with Gasteiger partial charge >= 0.3 is 0 Å². The van der Waals surface area contributed by atoms with E-state index in [4.69, 9.17) is 0 Å². The first kappa shape index (κ1) is 10.6. The second-order valence-electron chi connectivity index (χ2n) is 3.86. The molecule has 2 nitrogen and oxygen atoms in total. The second-order valence-corrected chi connectivity index (χ2v) is 3.86. The average molecular weight is 217 g/mol. The van der Waals surface area contributed by atoms with Gasteiger partial charge in [0.2, 0.25) is 0 Å². The molecule has 16 heavy (non-hydrogen) atoms. The molecule has 1 aromatic heterocycles. The molecule has 0 spiro atoms. The van der Waals surface area contributed by atoms with Gasteiger partial charge in [-0.05, 0) is 43.7 Å². The summed E-state index contributed by atoms with van der Waals surface area (Å²) in [5.41, 5.74) is 2.07. The highest BCUT2D eigenvalue weighted by atomic mass is 19.1. The first-order chi connectivity index (χ1) is 7.58. The van der Waals surface area contributed by atoms with Crippen molar-refractivity contribution in [2.75, 3.05) is 0 Å². The molecule has 0 fully saturated rings. The number of halogens is 1. The van der Waals surface area contributed by atoms with Crippen molar-refractivity contribution in [1.29, 1.82) is 0 Å². The van der Waals surface area contributed by atoms with E-state index in [1.807, 2.05) is 13.0 Å². The highest BCUT2D eigenvalue weighted by Gasteiger charge is 2.04. The van der Waals surface area contributed by atoms with Crippen LogP contribution >= 0.6 is 0 Å². The van der Waals surface area contributed by atoms with E-state index in [1.54, 1.807) is 25.3 Å². The number of aromatic nitrogens is 1. The molecule has 0 bridgehead atoms. The Morgan fingerprint density at radius 1 is 1.19 bits per heavy atom. The van der Waals surface area contributed by atoms with Gasteiger partial charge in [0.15, 0.2) is 0 Å². The number of pyridine rings is 1. The summed E-state index contributed by atoms with van der Waals surface area (Å²) in [6, 6.07) is 7.83. The zero-order valence-corrected chi connectivity index (χ0v) is 9.20. The van der Waals surface area contributed by atoms with Crippen molar-refractivity contribution in [2.24, 2.45) is 0 Å². The largest absolute Gasteiger partial charge is 0.284 e. The lowest BCUT2D eigenvalue weighted by atomic mass is 10.2. The molecular formula is C13H12FNO. The number of benzene rings is 1. The summed E-state index contributed by atoms with van der Waals surface area (Å²) >= 11 is 0. The highest BCUT2D eigenvalue weighted by molar-refractivity contribution is 5.34. The van der Waals surface area contributed by atoms with E-state index in [1.165, 1.54) is 16.7 Å². The molecule has 0 saturated heterocycles. The van der Waals surface area contributed by atoms with Crippen molar-refractivity contribution in [2.45, 2.75) is 13.8 Å². The van der Waals surface area contributed by atoms with Crippen LogP contribution in [0, 0.1) is 19.7 Å². The van der Waals surface area contributed by atoms with E-state index >= 15 is 0 Å². The van der Waals surface area contributed by atoms with Gasteiger partial charge in [-0.3, -0.25) is 9.36 Å². The van der Waals surface area contributed by atoms with Crippen molar-refractivity contribution in [3.05, 3.63) is 63.8 Å². The van der Waals surface area contributed by atoms with E-state index in [9.17, 15) is 9.18 Å². The summed E-state index contributed by atoms with van der Waals surface area (Å²) < 4.78 is 14.5. The van der Waals surface area contributed by atoms with Crippen LogP contribution in [0.3, 0.4) is 0 Å².